The first-order chi connectivity index (χ1) is 13.2. The first kappa shape index (κ1) is 17.3. The number of nitrogens with zero attached hydrogens (tertiary/aromatic N) is 6. The van der Waals surface area contributed by atoms with Crippen molar-refractivity contribution >= 4 is 5.91 Å². The zero-order chi connectivity index (χ0) is 18.6. The van der Waals surface area contributed by atoms with Crippen LogP contribution in [-0.4, -0.2) is 48.4 Å². The summed E-state index contributed by atoms with van der Waals surface area (Å²) >= 11 is 0. The van der Waals surface area contributed by atoms with Crippen LogP contribution >= 0.6 is 0 Å². The van der Waals surface area contributed by atoms with E-state index in [1.807, 2.05) is 36.5 Å². The number of likely N-dealkylation sites (tertiary alicyclic amines) is 1. The number of piperidine rings is 1. The molecule has 0 bridgehead atoms. The number of rotatable bonds is 4. The second-order valence-electron chi connectivity index (χ2n) is 6.88. The van der Waals surface area contributed by atoms with Gasteiger partial charge in [0.05, 0.1) is 12.1 Å². The third-order valence-electron chi connectivity index (χ3n) is 4.93. The number of aryl methyl sites for hydroxylation is 1. The van der Waals surface area contributed by atoms with Crippen molar-refractivity contribution in [3.8, 4) is 0 Å². The van der Waals surface area contributed by atoms with E-state index in [0.717, 1.165) is 37.3 Å². The summed E-state index contributed by atoms with van der Waals surface area (Å²) < 4.78 is 2.16. The van der Waals surface area contributed by atoms with E-state index in [1.54, 1.807) is 18.6 Å². The average molecular weight is 362 g/mol. The van der Waals surface area contributed by atoms with Gasteiger partial charge in [-0.05, 0) is 31.4 Å². The van der Waals surface area contributed by atoms with Crippen molar-refractivity contribution in [3.05, 3.63) is 72.1 Å². The molecule has 138 valence electrons. The van der Waals surface area contributed by atoms with Gasteiger partial charge in [-0.3, -0.25) is 9.78 Å². The van der Waals surface area contributed by atoms with E-state index < -0.39 is 0 Å². The first-order valence-corrected chi connectivity index (χ1v) is 9.18. The van der Waals surface area contributed by atoms with E-state index in [-0.39, 0.29) is 11.8 Å². The summed E-state index contributed by atoms with van der Waals surface area (Å²) in [5.41, 5.74) is 1.68. The number of imidazole rings is 1. The SMILES string of the molecule is Cc1ncc(C(=O)N2CCC[C@H](c3nccn3Cc3cccnc3)C2)cn1. The first-order valence-electron chi connectivity index (χ1n) is 9.18. The van der Waals surface area contributed by atoms with E-state index in [9.17, 15) is 4.79 Å². The molecule has 0 unspecified atom stereocenters. The molecule has 7 nitrogen and oxygen atoms in total. The maximum atomic E-state index is 12.8. The molecule has 0 N–H and O–H groups in total. The van der Waals surface area contributed by atoms with Crippen LogP contribution < -0.4 is 0 Å². The Balaban J connectivity index is 1.50. The van der Waals surface area contributed by atoms with Gasteiger partial charge < -0.3 is 9.47 Å². The predicted octanol–water partition coefficient (Wildman–Crippen LogP) is 2.44. The highest BCUT2D eigenvalue weighted by atomic mass is 16.2. The Morgan fingerprint density at radius 2 is 2.04 bits per heavy atom. The number of carbonyl (C=O) groups excluding carboxylic acids is 1. The molecule has 7 heteroatoms. The van der Waals surface area contributed by atoms with E-state index in [4.69, 9.17) is 0 Å². The molecule has 27 heavy (non-hydrogen) atoms. The molecule has 0 radical (unpaired) electrons. The highest BCUT2D eigenvalue weighted by Gasteiger charge is 2.28. The van der Waals surface area contributed by atoms with Crippen molar-refractivity contribution in [3.63, 3.8) is 0 Å². The minimum Gasteiger partial charge on any atom is -0.338 e. The summed E-state index contributed by atoms with van der Waals surface area (Å²) in [5.74, 6) is 1.91. The molecule has 4 heterocycles. The fraction of sp³-hybridized carbons (Fsp3) is 0.350. The van der Waals surface area contributed by atoms with Crippen molar-refractivity contribution in [1.29, 1.82) is 0 Å². The van der Waals surface area contributed by atoms with Crippen molar-refractivity contribution in [2.45, 2.75) is 32.2 Å². The van der Waals surface area contributed by atoms with Gasteiger partial charge in [0.2, 0.25) is 0 Å². The molecule has 1 aliphatic rings. The zero-order valence-corrected chi connectivity index (χ0v) is 15.3. The third-order valence-corrected chi connectivity index (χ3v) is 4.93. The van der Waals surface area contributed by atoms with Crippen LogP contribution in [0.4, 0.5) is 0 Å². The molecule has 0 spiro atoms. The van der Waals surface area contributed by atoms with Gasteiger partial charge in [-0.1, -0.05) is 6.07 Å². The lowest BCUT2D eigenvalue weighted by Gasteiger charge is -2.32. The van der Waals surface area contributed by atoms with Crippen LogP contribution in [0.3, 0.4) is 0 Å². The van der Waals surface area contributed by atoms with Gasteiger partial charge in [0.25, 0.3) is 5.91 Å². The molecule has 3 aromatic rings. The van der Waals surface area contributed by atoms with Crippen LogP contribution in [0.5, 0.6) is 0 Å². The molecule has 0 aromatic carbocycles. The normalized spacial score (nSPS) is 17.1. The van der Waals surface area contributed by atoms with Crippen LogP contribution in [0.2, 0.25) is 0 Å². The largest absolute Gasteiger partial charge is 0.338 e. The number of pyridine rings is 1. The maximum Gasteiger partial charge on any atom is 0.257 e. The average Bonchev–Trinajstić information content (AvgIpc) is 3.17. The second kappa shape index (κ2) is 7.65. The van der Waals surface area contributed by atoms with Gasteiger partial charge in [0, 0.05) is 56.2 Å². The summed E-state index contributed by atoms with van der Waals surface area (Å²) in [4.78, 5) is 31.8. The molecule has 4 rings (SSSR count). The molecule has 1 aliphatic heterocycles. The summed E-state index contributed by atoms with van der Waals surface area (Å²) in [7, 11) is 0. The Morgan fingerprint density at radius 3 is 2.81 bits per heavy atom. The Hall–Kier alpha value is -3.09. The lowest BCUT2D eigenvalue weighted by atomic mass is 9.96. The van der Waals surface area contributed by atoms with Gasteiger partial charge in [0.1, 0.15) is 11.6 Å². The van der Waals surface area contributed by atoms with Crippen LogP contribution in [-0.2, 0) is 6.54 Å². The van der Waals surface area contributed by atoms with Crippen LogP contribution in [0.15, 0.2) is 49.3 Å². The highest BCUT2D eigenvalue weighted by Crippen LogP contribution is 2.27. The molecule has 1 saturated heterocycles. The minimum absolute atomic E-state index is 0.00920. The number of aromatic nitrogens is 5. The Labute approximate surface area is 158 Å². The number of amides is 1. The summed E-state index contributed by atoms with van der Waals surface area (Å²) in [5, 5.41) is 0. The van der Waals surface area contributed by atoms with Crippen molar-refractivity contribution in [2.75, 3.05) is 13.1 Å². The van der Waals surface area contributed by atoms with Gasteiger partial charge in [-0.2, -0.15) is 0 Å². The monoisotopic (exact) mass is 362 g/mol. The quantitative estimate of drug-likeness (QED) is 0.712. The topological polar surface area (TPSA) is 76.8 Å². The Kier molecular flexibility index (Phi) is 4.91. The fourth-order valence-corrected chi connectivity index (χ4v) is 3.56. The molecule has 1 amide bonds. The summed E-state index contributed by atoms with van der Waals surface area (Å²) in [6.07, 6.45) is 12.7. The van der Waals surface area contributed by atoms with Crippen LogP contribution in [0, 0.1) is 6.92 Å². The Bertz CT molecular complexity index is 906. The van der Waals surface area contributed by atoms with Crippen LogP contribution in [0.25, 0.3) is 0 Å². The number of hydrogen-bond acceptors (Lipinski definition) is 5. The van der Waals surface area contributed by atoms with Gasteiger partial charge >= 0.3 is 0 Å². The van der Waals surface area contributed by atoms with Gasteiger partial charge in [-0.15, -0.1) is 0 Å². The predicted molar refractivity (Wildman–Crippen MR) is 100 cm³/mol. The van der Waals surface area contributed by atoms with E-state index in [1.165, 1.54) is 0 Å². The molecule has 1 fully saturated rings. The zero-order valence-electron chi connectivity index (χ0n) is 15.3. The van der Waals surface area contributed by atoms with Gasteiger partial charge in [-0.25, -0.2) is 15.0 Å². The van der Waals surface area contributed by atoms with Crippen molar-refractivity contribution in [1.82, 2.24) is 29.4 Å². The molecular weight excluding hydrogens is 340 g/mol. The fourth-order valence-electron chi connectivity index (χ4n) is 3.56. The summed E-state index contributed by atoms with van der Waals surface area (Å²) in [6.45, 7) is 3.97. The standard InChI is InChI=1S/C20H22N6O/c1-15-23-11-18(12-24-15)20(27)26-8-3-5-17(14-26)19-22-7-9-25(19)13-16-4-2-6-21-10-16/h2,4,6-7,9-12,17H,3,5,8,13-14H2,1H3/t17-/m0/s1. The number of carbonyl (C=O) groups is 1. The van der Waals surface area contributed by atoms with E-state index in [0.29, 0.717) is 17.9 Å². The molecule has 0 aliphatic carbocycles. The molecule has 0 saturated carbocycles. The Morgan fingerprint density at radius 1 is 1.19 bits per heavy atom. The lowest BCUT2D eigenvalue weighted by molar-refractivity contribution is 0.0702. The molecule has 1 atom stereocenters. The van der Waals surface area contributed by atoms with Crippen molar-refractivity contribution < 1.29 is 4.79 Å². The maximum absolute atomic E-state index is 12.8. The van der Waals surface area contributed by atoms with E-state index >= 15 is 0 Å². The van der Waals surface area contributed by atoms with Crippen LogP contribution in [0.1, 0.15) is 46.3 Å². The smallest absolute Gasteiger partial charge is 0.257 e. The lowest BCUT2D eigenvalue weighted by Crippen LogP contribution is -2.40. The number of hydrogen-bond donors (Lipinski definition) is 0. The van der Waals surface area contributed by atoms with Gasteiger partial charge in [0.15, 0.2) is 0 Å². The highest BCUT2D eigenvalue weighted by molar-refractivity contribution is 5.93. The van der Waals surface area contributed by atoms with Crippen molar-refractivity contribution in [2.24, 2.45) is 0 Å². The summed E-state index contributed by atoms with van der Waals surface area (Å²) in [6, 6.07) is 4.00. The third kappa shape index (κ3) is 3.86. The van der Waals surface area contributed by atoms with E-state index in [2.05, 4.69) is 30.6 Å². The second-order valence-corrected chi connectivity index (χ2v) is 6.88. The minimum atomic E-state index is -0.00920. The molecular formula is C20H22N6O. The molecule has 3 aromatic heterocycles.